The van der Waals surface area contributed by atoms with Crippen molar-refractivity contribution in [2.75, 3.05) is 0 Å². The predicted molar refractivity (Wildman–Crippen MR) is 112 cm³/mol. The molecule has 0 atom stereocenters. The fourth-order valence-corrected chi connectivity index (χ4v) is 2.61. The van der Waals surface area contributed by atoms with Crippen LogP contribution < -0.4 is 9.99 Å². The number of hydrazone groups is 1. The molecule has 1 heterocycles. The van der Waals surface area contributed by atoms with Crippen LogP contribution >= 0.6 is 0 Å². The van der Waals surface area contributed by atoms with Gasteiger partial charge in [0.05, 0.1) is 11.8 Å². The Kier molecular flexibility index (Phi) is 12.1. The van der Waals surface area contributed by atoms with Crippen molar-refractivity contribution in [2.45, 2.75) is 52.0 Å². The lowest BCUT2D eigenvalue weighted by atomic mass is 10.1. The first-order valence-corrected chi connectivity index (χ1v) is 10.1. The van der Waals surface area contributed by atoms with Crippen LogP contribution in [0, 0.1) is 5.82 Å². The van der Waals surface area contributed by atoms with Gasteiger partial charge in [0.25, 0.3) is 5.91 Å². The van der Waals surface area contributed by atoms with Gasteiger partial charge in [-0.15, -0.1) is 0 Å². The summed E-state index contributed by atoms with van der Waals surface area (Å²) in [6.45, 7) is 3.19. The number of halogens is 5. The van der Waals surface area contributed by atoms with Gasteiger partial charge in [0.2, 0.25) is 0 Å². The molecule has 1 aromatic carbocycles. The van der Waals surface area contributed by atoms with E-state index in [4.69, 9.17) is 0 Å². The highest BCUT2D eigenvalue weighted by Gasteiger charge is 2.20. The highest BCUT2D eigenvalue weighted by molar-refractivity contribution is 6.50. The molecule has 0 radical (unpaired) electrons. The summed E-state index contributed by atoms with van der Waals surface area (Å²) >= 11 is 0. The van der Waals surface area contributed by atoms with E-state index in [9.17, 15) is 26.4 Å². The molecule has 0 aliphatic carbocycles. The monoisotopic (exact) mass is 443 g/mol. The first-order chi connectivity index (χ1) is 14.7. The van der Waals surface area contributed by atoms with Crippen molar-refractivity contribution in [2.24, 2.45) is 5.10 Å². The van der Waals surface area contributed by atoms with Crippen LogP contribution in [0.4, 0.5) is 21.7 Å². The number of nitrogens with one attached hydrogen (secondary N) is 1. The molecule has 170 valence electrons. The topological polar surface area (TPSA) is 45.3 Å². The summed E-state index contributed by atoms with van der Waals surface area (Å²) in [5.41, 5.74) is 3.76. The van der Waals surface area contributed by atoms with Crippen molar-refractivity contribution in [3.05, 3.63) is 65.7 Å². The SMILES string of the molecule is CCCCCCCC[n+]1ccc(C(=O)NN=Cc2ccc(F)cc2)cc1.F[B-](F)(F)F. The fraction of sp³-hybridized carbons (Fsp3) is 0.381. The number of amides is 1. The molecule has 0 bridgehead atoms. The molecular formula is C21H27BF5N3O. The van der Waals surface area contributed by atoms with E-state index in [-0.39, 0.29) is 11.7 Å². The van der Waals surface area contributed by atoms with Crippen LogP contribution in [0.3, 0.4) is 0 Å². The van der Waals surface area contributed by atoms with Gasteiger partial charge in [0, 0.05) is 18.6 Å². The molecule has 0 saturated heterocycles. The third-order valence-electron chi connectivity index (χ3n) is 4.17. The molecule has 2 rings (SSSR count). The van der Waals surface area contributed by atoms with Crippen molar-refractivity contribution < 1.29 is 31.0 Å². The number of hydrogen-bond acceptors (Lipinski definition) is 2. The highest BCUT2D eigenvalue weighted by atomic mass is 19.5. The van der Waals surface area contributed by atoms with Crippen LogP contribution in [0.15, 0.2) is 53.9 Å². The molecule has 2 aromatic rings. The van der Waals surface area contributed by atoms with Crippen LogP contribution in [0.5, 0.6) is 0 Å². The molecule has 1 aromatic heterocycles. The standard InChI is InChI=1S/C21H26FN3O.BF4/c1-2-3-4-5-6-7-14-25-15-12-19(13-16-25)21(26)24-23-17-18-8-10-20(22)11-9-18;2-1(3,4)5/h8-13,15-17H,2-7,14H2,1H3;/q;-1/p+1. The number of carbonyl (C=O) groups excluding carboxylic acids is 1. The Hall–Kier alpha value is -2.78. The third kappa shape index (κ3) is 14.0. The lowest BCUT2D eigenvalue weighted by Gasteiger charge is -2.01. The first-order valence-electron chi connectivity index (χ1n) is 10.1. The normalized spacial score (nSPS) is 11.2. The van der Waals surface area contributed by atoms with Gasteiger partial charge in [-0.25, -0.2) is 14.4 Å². The zero-order valence-electron chi connectivity index (χ0n) is 17.4. The van der Waals surface area contributed by atoms with E-state index < -0.39 is 7.25 Å². The van der Waals surface area contributed by atoms with E-state index in [1.165, 1.54) is 50.5 Å². The Morgan fingerprint density at radius 2 is 1.52 bits per heavy atom. The number of pyridine rings is 1. The van der Waals surface area contributed by atoms with Crippen molar-refractivity contribution in [1.29, 1.82) is 0 Å². The summed E-state index contributed by atoms with van der Waals surface area (Å²) in [5, 5.41) is 3.90. The van der Waals surface area contributed by atoms with Crippen LogP contribution in [-0.2, 0) is 6.54 Å². The van der Waals surface area contributed by atoms with Crippen molar-refractivity contribution in [1.82, 2.24) is 5.43 Å². The van der Waals surface area contributed by atoms with Gasteiger partial charge >= 0.3 is 7.25 Å². The maximum Gasteiger partial charge on any atom is 0.673 e. The molecule has 0 fully saturated rings. The summed E-state index contributed by atoms with van der Waals surface area (Å²) < 4.78 is 53.9. The second-order valence-corrected chi connectivity index (χ2v) is 6.84. The van der Waals surface area contributed by atoms with Gasteiger partial charge in [-0.1, -0.05) is 44.7 Å². The molecule has 31 heavy (non-hydrogen) atoms. The Morgan fingerprint density at radius 1 is 0.968 bits per heavy atom. The lowest BCUT2D eigenvalue weighted by molar-refractivity contribution is -0.697. The second-order valence-electron chi connectivity index (χ2n) is 6.84. The molecule has 10 heteroatoms. The fourth-order valence-electron chi connectivity index (χ4n) is 2.61. The van der Waals surface area contributed by atoms with Gasteiger partial charge in [0.15, 0.2) is 12.4 Å². The van der Waals surface area contributed by atoms with Crippen LogP contribution in [0.1, 0.15) is 61.4 Å². The Morgan fingerprint density at radius 3 is 2.10 bits per heavy atom. The largest absolute Gasteiger partial charge is 0.673 e. The van der Waals surface area contributed by atoms with Crippen molar-refractivity contribution in [3.63, 3.8) is 0 Å². The summed E-state index contributed by atoms with van der Waals surface area (Å²) in [6, 6.07) is 9.48. The Balaban J connectivity index is 0.000000861. The minimum absolute atomic E-state index is 0.268. The van der Waals surface area contributed by atoms with E-state index in [1.54, 1.807) is 24.3 Å². The van der Waals surface area contributed by atoms with Crippen LogP contribution in [0.25, 0.3) is 0 Å². The quantitative estimate of drug-likeness (QED) is 0.129. The molecule has 0 aliphatic heterocycles. The second kappa shape index (κ2) is 14.3. The highest BCUT2D eigenvalue weighted by Crippen LogP contribution is 2.07. The molecule has 1 amide bonds. The van der Waals surface area contributed by atoms with E-state index in [0.717, 1.165) is 18.5 Å². The summed E-state index contributed by atoms with van der Waals surface area (Å²) in [6.07, 6.45) is 12.9. The molecule has 0 aliphatic rings. The predicted octanol–water partition coefficient (Wildman–Crippen LogP) is 5.54. The summed E-state index contributed by atoms with van der Waals surface area (Å²) in [5.74, 6) is -0.570. The van der Waals surface area contributed by atoms with Crippen molar-refractivity contribution in [3.8, 4) is 0 Å². The first kappa shape index (κ1) is 26.3. The Bertz CT molecular complexity index is 790. The maximum atomic E-state index is 12.8. The Labute approximate surface area is 179 Å². The number of nitrogens with zero attached hydrogens (tertiary/aromatic N) is 2. The third-order valence-corrected chi connectivity index (χ3v) is 4.17. The molecule has 4 nitrogen and oxygen atoms in total. The minimum atomic E-state index is -6.00. The molecule has 0 unspecified atom stereocenters. The average Bonchev–Trinajstić information content (AvgIpc) is 2.71. The van der Waals surface area contributed by atoms with E-state index in [1.807, 2.05) is 12.4 Å². The van der Waals surface area contributed by atoms with Crippen molar-refractivity contribution >= 4 is 19.4 Å². The number of unbranched alkanes of at least 4 members (excludes halogenated alkanes) is 5. The lowest BCUT2D eigenvalue weighted by Crippen LogP contribution is -2.33. The molecule has 0 saturated carbocycles. The van der Waals surface area contributed by atoms with Crippen LogP contribution in [0.2, 0.25) is 0 Å². The van der Waals surface area contributed by atoms with Gasteiger partial charge in [-0.3, -0.25) is 4.79 Å². The summed E-state index contributed by atoms with van der Waals surface area (Å²) in [7, 11) is -6.00. The summed E-state index contributed by atoms with van der Waals surface area (Å²) in [4.78, 5) is 12.1. The molecule has 1 N–H and O–H groups in total. The zero-order valence-corrected chi connectivity index (χ0v) is 17.4. The number of carbonyl (C=O) groups is 1. The molecular weight excluding hydrogens is 416 g/mol. The minimum Gasteiger partial charge on any atom is -0.418 e. The smallest absolute Gasteiger partial charge is 0.418 e. The number of aromatic nitrogens is 1. The average molecular weight is 443 g/mol. The number of benzene rings is 1. The van der Waals surface area contributed by atoms with E-state index in [2.05, 4.69) is 22.0 Å². The van der Waals surface area contributed by atoms with Gasteiger partial charge in [-0.05, 0) is 24.1 Å². The number of rotatable bonds is 10. The molecule has 0 spiro atoms. The number of aryl methyl sites for hydroxylation is 1. The maximum absolute atomic E-state index is 12.8. The van der Waals surface area contributed by atoms with Crippen LogP contribution in [-0.4, -0.2) is 19.4 Å². The van der Waals surface area contributed by atoms with E-state index >= 15 is 0 Å². The van der Waals surface area contributed by atoms with Gasteiger partial charge < -0.3 is 17.3 Å². The van der Waals surface area contributed by atoms with E-state index in [0.29, 0.717) is 5.56 Å². The zero-order chi connectivity index (χ0) is 23.1. The number of hydrogen-bond donors (Lipinski definition) is 1. The van der Waals surface area contributed by atoms with Gasteiger partial charge in [-0.2, -0.15) is 5.10 Å². The van der Waals surface area contributed by atoms with Gasteiger partial charge in [0.1, 0.15) is 12.4 Å².